The molecule has 0 bridgehead atoms. The molecule has 11 heteroatoms. The third-order valence-corrected chi connectivity index (χ3v) is 4.03. The van der Waals surface area contributed by atoms with Crippen LogP contribution >= 0.6 is 0 Å². The number of anilines is 1. The first kappa shape index (κ1) is 23.6. The number of nitrogens with zero attached hydrogens (tertiary/aromatic N) is 1. The van der Waals surface area contributed by atoms with Crippen molar-refractivity contribution in [1.29, 1.82) is 0 Å². The molecule has 0 aromatic heterocycles. The van der Waals surface area contributed by atoms with E-state index < -0.39 is 23.9 Å². The van der Waals surface area contributed by atoms with Gasteiger partial charge in [0.15, 0.2) is 11.5 Å². The smallest absolute Gasteiger partial charge is 0.493 e. The summed E-state index contributed by atoms with van der Waals surface area (Å²) in [7, 11) is 5.62. The molecule has 0 saturated carbocycles. The van der Waals surface area contributed by atoms with Gasteiger partial charge in [-0.15, -0.1) is 13.2 Å². The monoisotopic (exact) mass is 442 g/mol. The Balaban J connectivity index is 2.07. The largest absolute Gasteiger partial charge is 0.573 e. The Kier molecular flexibility index (Phi) is 7.56. The molecule has 0 aliphatic rings. The van der Waals surface area contributed by atoms with Crippen LogP contribution in [0.5, 0.6) is 23.0 Å². The Bertz CT molecular complexity index is 932. The van der Waals surface area contributed by atoms with Gasteiger partial charge in [-0.1, -0.05) is 0 Å². The summed E-state index contributed by atoms with van der Waals surface area (Å²) in [5.41, 5.74) is 0.396. The number of halogens is 3. The van der Waals surface area contributed by atoms with Gasteiger partial charge in [0, 0.05) is 12.7 Å². The van der Waals surface area contributed by atoms with E-state index >= 15 is 0 Å². The second-order valence-corrected chi connectivity index (χ2v) is 6.16. The number of benzene rings is 2. The summed E-state index contributed by atoms with van der Waals surface area (Å²) in [5.74, 6) is -0.733. The van der Waals surface area contributed by atoms with Crippen molar-refractivity contribution in [1.82, 2.24) is 4.90 Å². The summed E-state index contributed by atoms with van der Waals surface area (Å²) < 4.78 is 56.1. The van der Waals surface area contributed by atoms with Crippen molar-refractivity contribution in [3.8, 4) is 23.0 Å². The maximum atomic E-state index is 12.8. The van der Waals surface area contributed by atoms with E-state index in [0.717, 1.165) is 17.0 Å². The molecule has 168 valence electrons. The van der Waals surface area contributed by atoms with Crippen LogP contribution in [-0.2, 0) is 4.79 Å². The first-order chi connectivity index (χ1) is 14.6. The number of amides is 2. The quantitative estimate of drug-likeness (QED) is 0.675. The van der Waals surface area contributed by atoms with Gasteiger partial charge in [0.2, 0.25) is 11.7 Å². The number of likely N-dealkylation sites (N-methyl/N-ethyl adjacent to an activating group) is 1. The highest BCUT2D eigenvalue weighted by molar-refractivity contribution is 6.01. The first-order valence-corrected chi connectivity index (χ1v) is 8.79. The maximum Gasteiger partial charge on any atom is 0.573 e. The standard InChI is InChI=1S/C20H21F3N2O6/c1-25(19(27)14-9-10-15(28-2)18(30-4)17(14)29-3)11-16(26)24-12-5-7-13(8-6-12)31-20(21,22)23/h5-10H,11H2,1-4H3,(H,24,26). The van der Waals surface area contributed by atoms with Crippen LogP contribution in [-0.4, -0.2) is 58.0 Å². The van der Waals surface area contributed by atoms with Crippen molar-refractivity contribution in [3.63, 3.8) is 0 Å². The van der Waals surface area contributed by atoms with Crippen molar-refractivity contribution in [2.24, 2.45) is 0 Å². The molecule has 0 atom stereocenters. The van der Waals surface area contributed by atoms with Crippen LogP contribution in [0.2, 0.25) is 0 Å². The lowest BCUT2D eigenvalue weighted by molar-refractivity contribution is -0.274. The molecule has 31 heavy (non-hydrogen) atoms. The van der Waals surface area contributed by atoms with Gasteiger partial charge in [-0.3, -0.25) is 9.59 Å². The van der Waals surface area contributed by atoms with E-state index in [0.29, 0.717) is 5.75 Å². The van der Waals surface area contributed by atoms with Gasteiger partial charge < -0.3 is 29.2 Å². The number of rotatable bonds is 8. The lowest BCUT2D eigenvalue weighted by Crippen LogP contribution is -2.35. The zero-order chi connectivity index (χ0) is 23.2. The van der Waals surface area contributed by atoms with Crippen LogP contribution in [0.15, 0.2) is 36.4 Å². The van der Waals surface area contributed by atoms with E-state index in [1.54, 1.807) is 0 Å². The second kappa shape index (κ2) is 9.92. The third kappa shape index (κ3) is 6.17. The Labute approximate surface area is 176 Å². The molecule has 0 aliphatic carbocycles. The Morgan fingerprint density at radius 2 is 1.55 bits per heavy atom. The van der Waals surface area contributed by atoms with Crippen LogP contribution < -0.4 is 24.3 Å². The highest BCUT2D eigenvalue weighted by Crippen LogP contribution is 2.40. The van der Waals surface area contributed by atoms with Gasteiger partial charge in [-0.2, -0.15) is 0 Å². The molecule has 2 aromatic carbocycles. The van der Waals surface area contributed by atoms with Gasteiger partial charge >= 0.3 is 6.36 Å². The van der Waals surface area contributed by atoms with Crippen LogP contribution in [0, 0.1) is 0 Å². The fourth-order valence-electron chi connectivity index (χ4n) is 2.70. The molecular weight excluding hydrogens is 421 g/mol. The SMILES string of the molecule is COc1ccc(C(=O)N(C)CC(=O)Nc2ccc(OC(F)(F)F)cc2)c(OC)c1OC. The van der Waals surface area contributed by atoms with Crippen LogP contribution in [0.3, 0.4) is 0 Å². The normalized spacial score (nSPS) is 10.8. The zero-order valence-electron chi connectivity index (χ0n) is 17.2. The summed E-state index contributed by atoms with van der Waals surface area (Å²) in [6.45, 7) is -0.322. The third-order valence-electron chi connectivity index (χ3n) is 4.03. The van der Waals surface area contributed by atoms with Crippen molar-refractivity contribution >= 4 is 17.5 Å². The summed E-state index contributed by atoms with van der Waals surface area (Å²) >= 11 is 0. The molecule has 8 nitrogen and oxygen atoms in total. The van der Waals surface area contributed by atoms with Crippen LogP contribution in [0.25, 0.3) is 0 Å². The molecule has 0 spiro atoms. The maximum absolute atomic E-state index is 12.8. The number of methoxy groups -OCH3 is 3. The molecule has 0 fully saturated rings. The molecule has 0 radical (unpaired) electrons. The van der Waals surface area contributed by atoms with Gasteiger partial charge in [-0.05, 0) is 36.4 Å². The minimum atomic E-state index is -4.81. The topological polar surface area (TPSA) is 86.3 Å². The molecular formula is C20H21F3N2O6. The van der Waals surface area contributed by atoms with E-state index in [2.05, 4.69) is 10.1 Å². The molecule has 0 aliphatic heterocycles. The zero-order valence-corrected chi connectivity index (χ0v) is 17.2. The summed E-state index contributed by atoms with van der Waals surface area (Å²) in [6, 6.07) is 7.64. The summed E-state index contributed by atoms with van der Waals surface area (Å²) in [6.07, 6.45) is -4.81. The predicted molar refractivity (Wildman–Crippen MR) is 105 cm³/mol. The minimum absolute atomic E-state index is 0.152. The number of nitrogens with one attached hydrogen (secondary N) is 1. The van der Waals surface area contributed by atoms with Crippen molar-refractivity contribution in [2.75, 3.05) is 40.2 Å². The van der Waals surface area contributed by atoms with Crippen molar-refractivity contribution < 1.29 is 41.7 Å². The van der Waals surface area contributed by atoms with Gasteiger partial charge in [0.25, 0.3) is 5.91 Å². The van der Waals surface area contributed by atoms with Gasteiger partial charge in [0.05, 0.1) is 33.4 Å². The van der Waals surface area contributed by atoms with E-state index in [4.69, 9.17) is 14.2 Å². The fourth-order valence-corrected chi connectivity index (χ4v) is 2.70. The Morgan fingerprint density at radius 3 is 2.06 bits per heavy atom. The average molecular weight is 442 g/mol. The van der Waals surface area contributed by atoms with Gasteiger partial charge in [0.1, 0.15) is 5.75 Å². The predicted octanol–water partition coefficient (Wildman–Crippen LogP) is 3.32. The number of carbonyl (C=O) groups is 2. The van der Waals surface area contributed by atoms with Crippen molar-refractivity contribution in [2.45, 2.75) is 6.36 Å². The number of hydrogen-bond donors (Lipinski definition) is 1. The number of hydrogen-bond acceptors (Lipinski definition) is 6. The highest BCUT2D eigenvalue weighted by atomic mass is 19.4. The van der Waals surface area contributed by atoms with Crippen molar-refractivity contribution in [3.05, 3.63) is 42.0 Å². The van der Waals surface area contributed by atoms with Crippen LogP contribution in [0.4, 0.5) is 18.9 Å². The molecule has 1 N–H and O–H groups in total. The lowest BCUT2D eigenvalue weighted by atomic mass is 10.1. The lowest BCUT2D eigenvalue weighted by Gasteiger charge is -2.20. The Hall–Kier alpha value is -3.63. The molecule has 2 rings (SSSR count). The van der Waals surface area contributed by atoms with E-state index in [1.807, 2.05) is 0 Å². The molecule has 2 aromatic rings. The van der Waals surface area contributed by atoms with E-state index in [9.17, 15) is 22.8 Å². The number of ether oxygens (including phenoxy) is 4. The molecule has 0 unspecified atom stereocenters. The summed E-state index contributed by atoms with van der Waals surface area (Å²) in [4.78, 5) is 26.2. The fraction of sp³-hybridized carbons (Fsp3) is 0.300. The summed E-state index contributed by atoms with van der Waals surface area (Å²) in [5, 5.41) is 2.49. The molecule has 0 saturated heterocycles. The van der Waals surface area contributed by atoms with Crippen LogP contribution in [0.1, 0.15) is 10.4 Å². The number of carbonyl (C=O) groups excluding carboxylic acids is 2. The highest BCUT2D eigenvalue weighted by Gasteiger charge is 2.31. The average Bonchev–Trinajstić information content (AvgIpc) is 2.72. The molecule has 2 amide bonds. The van der Waals surface area contributed by atoms with Gasteiger partial charge in [-0.25, -0.2) is 0 Å². The van der Waals surface area contributed by atoms with E-state index in [1.165, 1.54) is 52.6 Å². The number of alkyl halides is 3. The van der Waals surface area contributed by atoms with E-state index in [-0.39, 0.29) is 29.3 Å². The first-order valence-electron chi connectivity index (χ1n) is 8.79. The molecule has 0 heterocycles. The second-order valence-electron chi connectivity index (χ2n) is 6.16. The Morgan fingerprint density at radius 1 is 0.935 bits per heavy atom. The minimum Gasteiger partial charge on any atom is -0.493 e.